The highest BCUT2D eigenvalue weighted by atomic mass is 28.4. The van der Waals surface area contributed by atoms with Gasteiger partial charge in [0, 0.05) is 14.2 Å². The van der Waals surface area contributed by atoms with Crippen LogP contribution in [0.3, 0.4) is 0 Å². The van der Waals surface area contributed by atoms with E-state index in [1.54, 1.807) is 0 Å². The minimum atomic E-state index is -1.29. The Morgan fingerprint density at radius 3 is 2.25 bits per heavy atom. The van der Waals surface area contributed by atoms with Crippen molar-refractivity contribution in [1.82, 2.24) is 0 Å². The number of rotatable bonds is 6. The molecule has 0 aromatic heterocycles. The molecule has 0 aliphatic carbocycles. The van der Waals surface area contributed by atoms with Crippen LogP contribution < -0.4 is 0 Å². The first-order valence-electron chi connectivity index (χ1n) is 4.60. The minimum Gasteiger partial charge on any atom is -0.423 e. The van der Waals surface area contributed by atoms with E-state index in [4.69, 9.17) is 8.85 Å². The van der Waals surface area contributed by atoms with E-state index in [1.807, 2.05) is 14.2 Å². The van der Waals surface area contributed by atoms with Crippen LogP contribution in [-0.2, 0) is 8.85 Å². The Morgan fingerprint density at radius 2 is 1.83 bits per heavy atom. The maximum Gasteiger partial charge on any atom is 0.186 e. The van der Waals surface area contributed by atoms with Gasteiger partial charge in [0.25, 0.3) is 0 Å². The summed E-state index contributed by atoms with van der Waals surface area (Å²) in [6.07, 6.45) is 1.29. The van der Waals surface area contributed by atoms with Crippen LogP contribution in [0, 0.1) is 0 Å². The molecule has 0 bridgehead atoms. The minimum absolute atomic E-state index is 0.815. The topological polar surface area (TPSA) is 18.5 Å². The van der Waals surface area contributed by atoms with Crippen LogP contribution in [0.15, 0.2) is 0 Å². The third-order valence-corrected chi connectivity index (χ3v) is 7.03. The van der Waals surface area contributed by atoms with Crippen molar-refractivity contribution in [2.75, 3.05) is 14.2 Å². The Bertz CT molecular complexity index is 118. The van der Waals surface area contributed by atoms with E-state index in [9.17, 15) is 0 Å². The average Bonchev–Trinajstić information content (AvgIpc) is 2.04. The molecule has 0 saturated carbocycles. The molecule has 1 atom stereocenters. The van der Waals surface area contributed by atoms with Gasteiger partial charge in [-0.1, -0.05) is 6.42 Å². The summed E-state index contributed by atoms with van der Waals surface area (Å²) < 4.78 is 10.8. The summed E-state index contributed by atoms with van der Waals surface area (Å²) in [5.41, 5.74) is 0. The standard InChI is InChI=1S/C8H22O2Si2/c1-9-11(3)7-6-8-12(4,5)10-2/h11H,6-8H2,1-5H3. The predicted octanol–water partition coefficient (Wildman–Crippen LogP) is 2.23. The zero-order chi connectivity index (χ0) is 9.61. The molecule has 12 heavy (non-hydrogen) atoms. The first kappa shape index (κ1) is 12.4. The molecule has 0 aliphatic heterocycles. The van der Waals surface area contributed by atoms with Crippen LogP contribution in [0.5, 0.6) is 0 Å². The second-order valence-corrected chi connectivity index (χ2v) is 11.0. The average molecular weight is 206 g/mol. The van der Waals surface area contributed by atoms with Crippen molar-refractivity contribution < 1.29 is 8.85 Å². The summed E-state index contributed by atoms with van der Waals surface area (Å²) in [5.74, 6) is 0. The highest BCUT2D eigenvalue weighted by Crippen LogP contribution is 2.15. The van der Waals surface area contributed by atoms with Gasteiger partial charge in [-0.2, -0.15) is 0 Å². The molecule has 0 spiro atoms. The Labute approximate surface area is 79.1 Å². The molecule has 2 nitrogen and oxygen atoms in total. The van der Waals surface area contributed by atoms with Crippen LogP contribution in [-0.4, -0.2) is 31.6 Å². The van der Waals surface area contributed by atoms with E-state index in [0.29, 0.717) is 0 Å². The molecule has 0 heterocycles. The lowest BCUT2D eigenvalue weighted by Gasteiger charge is -2.20. The van der Waals surface area contributed by atoms with Crippen LogP contribution in [0.4, 0.5) is 0 Å². The molecule has 0 aromatic rings. The normalized spacial score (nSPS) is 14.8. The molecule has 0 aliphatic rings. The summed E-state index contributed by atoms with van der Waals surface area (Å²) >= 11 is 0. The Balaban J connectivity index is 3.42. The second kappa shape index (κ2) is 5.91. The fourth-order valence-electron chi connectivity index (χ4n) is 1.04. The highest BCUT2D eigenvalue weighted by molar-refractivity contribution is 6.71. The lowest BCUT2D eigenvalue weighted by molar-refractivity contribution is 0.400. The van der Waals surface area contributed by atoms with Crippen molar-refractivity contribution in [1.29, 1.82) is 0 Å². The van der Waals surface area contributed by atoms with E-state index < -0.39 is 17.4 Å². The number of hydrogen-bond donors (Lipinski definition) is 0. The van der Waals surface area contributed by atoms with Crippen molar-refractivity contribution in [2.24, 2.45) is 0 Å². The Morgan fingerprint density at radius 1 is 1.25 bits per heavy atom. The van der Waals surface area contributed by atoms with Crippen molar-refractivity contribution in [2.45, 2.75) is 38.2 Å². The van der Waals surface area contributed by atoms with E-state index in [2.05, 4.69) is 19.6 Å². The first-order chi connectivity index (χ1) is 5.52. The monoisotopic (exact) mass is 206 g/mol. The molecule has 1 unspecified atom stereocenters. The van der Waals surface area contributed by atoms with Gasteiger partial charge >= 0.3 is 0 Å². The van der Waals surface area contributed by atoms with Gasteiger partial charge in [-0.25, -0.2) is 0 Å². The highest BCUT2D eigenvalue weighted by Gasteiger charge is 2.20. The molecular formula is C8H22O2Si2. The summed E-state index contributed by atoms with van der Waals surface area (Å²) in [6, 6.07) is 2.56. The van der Waals surface area contributed by atoms with E-state index in [-0.39, 0.29) is 0 Å². The van der Waals surface area contributed by atoms with Crippen LogP contribution in [0.1, 0.15) is 6.42 Å². The molecule has 0 radical (unpaired) electrons. The zero-order valence-electron chi connectivity index (χ0n) is 9.02. The molecule has 74 valence electrons. The van der Waals surface area contributed by atoms with Crippen molar-refractivity contribution in [3.05, 3.63) is 0 Å². The quantitative estimate of drug-likeness (QED) is 0.621. The SMILES string of the molecule is CO[SiH](C)CCC[Si](C)(C)OC. The predicted molar refractivity (Wildman–Crippen MR) is 58.7 cm³/mol. The third kappa shape index (κ3) is 5.94. The van der Waals surface area contributed by atoms with Gasteiger partial charge in [-0.3, -0.25) is 0 Å². The molecule has 4 heteroatoms. The summed E-state index contributed by atoms with van der Waals surface area (Å²) in [4.78, 5) is 0. The van der Waals surface area contributed by atoms with Gasteiger partial charge in [0.1, 0.15) is 0 Å². The first-order valence-corrected chi connectivity index (χ1v) is 10.2. The number of hydrogen-bond acceptors (Lipinski definition) is 2. The molecule has 0 fully saturated rings. The van der Waals surface area contributed by atoms with E-state index in [0.717, 1.165) is 0 Å². The molecule has 0 N–H and O–H groups in total. The van der Waals surface area contributed by atoms with Gasteiger partial charge in [-0.15, -0.1) is 0 Å². The fourth-order valence-corrected chi connectivity index (χ4v) is 3.72. The second-order valence-electron chi connectivity index (χ2n) is 3.90. The zero-order valence-corrected chi connectivity index (χ0v) is 11.2. The lowest BCUT2D eigenvalue weighted by Crippen LogP contribution is -2.28. The Kier molecular flexibility index (Phi) is 6.08. The van der Waals surface area contributed by atoms with Crippen LogP contribution in [0.25, 0.3) is 0 Å². The van der Waals surface area contributed by atoms with Crippen molar-refractivity contribution >= 4 is 17.4 Å². The maximum atomic E-state index is 5.47. The maximum absolute atomic E-state index is 5.47. The summed E-state index contributed by atoms with van der Waals surface area (Å²) in [6.45, 7) is 6.79. The molecule has 0 amide bonds. The van der Waals surface area contributed by atoms with Gasteiger partial charge in [-0.05, 0) is 31.7 Å². The van der Waals surface area contributed by atoms with Gasteiger partial charge in [0.05, 0.1) is 0 Å². The van der Waals surface area contributed by atoms with Crippen molar-refractivity contribution in [3.8, 4) is 0 Å². The third-order valence-electron chi connectivity index (χ3n) is 2.34. The molecule has 0 rings (SSSR count). The van der Waals surface area contributed by atoms with Crippen LogP contribution in [0.2, 0.25) is 31.7 Å². The summed E-state index contributed by atoms with van der Waals surface area (Å²) in [5, 5.41) is 0. The van der Waals surface area contributed by atoms with Crippen LogP contribution >= 0.6 is 0 Å². The van der Waals surface area contributed by atoms with Gasteiger partial charge in [0.15, 0.2) is 17.4 Å². The molecule has 0 aromatic carbocycles. The van der Waals surface area contributed by atoms with Crippen molar-refractivity contribution in [3.63, 3.8) is 0 Å². The lowest BCUT2D eigenvalue weighted by atomic mass is 10.6. The summed E-state index contributed by atoms with van der Waals surface area (Å²) in [7, 11) is 1.56. The van der Waals surface area contributed by atoms with Gasteiger partial charge < -0.3 is 8.85 Å². The largest absolute Gasteiger partial charge is 0.423 e. The molecular weight excluding hydrogens is 184 g/mol. The van der Waals surface area contributed by atoms with Gasteiger partial charge in [0.2, 0.25) is 0 Å². The van der Waals surface area contributed by atoms with E-state index >= 15 is 0 Å². The van der Waals surface area contributed by atoms with E-state index in [1.165, 1.54) is 18.5 Å². The fraction of sp³-hybridized carbons (Fsp3) is 1.00. The Hall–Kier alpha value is 0.354. The smallest absolute Gasteiger partial charge is 0.186 e. The molecule has 0 saturated heterocycles.